The van der Waals surface area contributed by atoms with Crippen LogP contribution in [0.25, 0.3) is 0 Å². The second-order valence-corrected chi connectivity index (χ2v) is 5.14. The summed E-state index contributed by atoms with van der Waals surface area (Å²) in [6, 6.07) is 5.49. The molecule has 106 valence electrons. The predicted molar refractivity (Wildman–Crippen MR) is 78.5 cm³/mol. The Balaban J connectivity index is 0.00000147. The summed E-state index contributed by atoms with van der Waals surface area (Å²) >= 11 is 0. The summed E-state index contributed by atoms with van der Waals surface area (Å²) in [5.74, 6) is 0.783. The molecule has 0 fully saturated rings. The van der Waals surface area contributed by atoms with E-state index in [-0.39, 0.29) is 12.4 Å². The summed E-state index contributed by atoms with van der Waals surface area (Å²) < 4.78 is 0. The fraction of sp³-hybridized carbons (Fsp3) is 0.333. The molecule has 20 heavy (non-hydrogen) atoms. The molecule has 4 nitrogen and oxygen atoms in total. The topological polar surface area (TPSA) is 66.0 Å². The highest BCUT2D eigenvalue weighted by Crippen LogP contribution is 2.28. The van der Waals surface area contributed by atoms with Crippen molar-refractivity contribution in [2.75, 3.05) is 0 Å². The highest BCUT2D eigenvalue weighted by Gasteiger charge is 2.20. The van der Waals surface area contributed by atoms with Gasteiger partial charge in [-0.25, -0.2) is 9.78 Å². The number of aromatic nitrogens is 2. The van der Waals surface area contributed by atoms with Crippen LogP contribution in [0.5, 0.6) is 0 Å². The number of carbonyl (C=O) groups is 1. The number of H-pyrrole nitrogens is 1. The number of halogens is 1. The van der Waals surface area contributed by atoms with Gasteiger partial charge in [-0.1, -0.05) is 6.07 Å². The number of imidazole rings is 1. The maximum absolute atomic E-state index is 11.0. The van der Waals surface area contributed by atoms with E-state index >= 15 is 0 Å². The predicted octanol–water partition coefficient (Wildman–Crippen LogP) is 2.88. The zero-order valence-corrected chi connectivity index (χ0v) is 11.8. The van der Waals surface area contributed by atoms with Crippen molar-refractivity contribution in [3.8, 4) is 0 Å². The molecule has 1 aromatic carbocycles. The van der Waals surface area contributed by atoms with E-state index < -0.39 is 5.97 Å². The molecule has 1 aromatic heterocycles. The van der Waals surface area contributed by atoms with Crippen LogP contribution in [0.1, 0.15) is 33.7 Å². The van der Waals surface area contributed by atoms with E-state index in [9.17, 15) is 4.79 Å². The van der Waals surface area contributed by atoms with E-state index in [1.54, 1.807) is 12.3 Å². The van der Waals surface area contributed by atoms with Gasteiger partial charge in [-0.15, -0.1) is 12.4 Å². The van der Waals surface area contributed by atoms with Gasteiger partial charge in [-0.05, 0) is 48.4 Å². The van der Waals surface area contributed by atoms with Gasteiger partial charge in [0.05, 0.1) is 5.56 Å². The second kappa shape index (κ2) is 6.09. The maximum atomic E-state index is 11.0. The lowest BCUT2D eigenvalue weighted by molar-refractivity contribution is 0.0696. The first-order chi connectivity index (χ1) is 9.22. The van der Waals surface area contributed by atoms with Crippen molar-refractivity contribution in [1.29, 1.82) is 0 Å². The lowest BCUT2D eigenvalue weighted by atomic mass is 9.81. The minimum Gasteiger partial charge on any atom is -0.478 e. The lowest BCUT2D eigenvalue weighted by Crippen LogP contribution is -2.17. The molecule has 0 aliphatic heterocycles. The van der Waals surface area contributed by atoms with Crippen molar-refractivity contribution in [2.45, 2.75) is 25.7 Å². The Morgan fingerprint density at radius 2 is 2.25 bits per heavy atom. The summed E-state index contributed by atoms with van der Waals surface area (Å²) in [5, 5.41) is 9.00. The highest BCUT2D eigenvalue weighted by molar-refractivity contribution is 5.87. The lowest BCUT2D eigenvalue weighted by Gasteiger charge is -2.24. The Morgan fingerprint density at radius 1 is 1.40 bits per heavy atom. The number of hydrogen-bond acceptors (Lipinski definition) is 2. The maximum Gasteiger partial charge on any atom is 0.335 e. The van der Waals surface area contributed by atoms with Gasteiger partial charge in [0.2, 0.25) is 0 Å². The van der Waals surface area contributed by atoms with E-state index in [1.807, 2.05) is 18.3 Å². The molecular formula is C15H17ClN2O2. The molecule has 1 atom stereocenters. The average Bonchev–Trinajstić information content (AvgIpc) is 2.91. The molecule has 1 aliphatic carbocycles. The number of nitrogens with one attached hydrogen (secondary N) is 1. The summed E-state index contributed by atoms with van der Waals surface area (Å²) in [5.41, 5.74) is 2.87. The van der Waals surface area contributed by atoms with E-state index in [1.165, 1.54) is 11.1 Å². The van der Waals surface area contributed by atoms with Crippen LogP contribution in [0.2, 0.25) is 0 Å². The van der Waals surface area contributed by atoms with Crippen molar-refractivity contribution in [3.63, 3.8) is 0 Å². The van der Waals surface area contributed by atoms with Gasteiger partial charge < -0.3 is 10.1 Å². The third kappa shape index (κ3) is 3.02. The van der Waals surface area contributed by atoms with Crippen LogP contribution in [0, 0.1) is 5.92 Å². The van der Waals surface area contributed by atoms with Gasteiger partial charge in [0, 0.05) is 18.8 Å². The molecule has 0 saturated carbocycles. The van der Waals surface area contributed by atoms with Crippen LogP contribution < -0.4 is 0 Å². The van der Waals surface area contributed by atoms with Gasteiger partial charge in [0.15, 0.2) is 0 Å². The third-order valence-electron chi connectivity index (χ3n) is 3.82. The number of carboxylic acid groups (broad SMARTS) is 1. The Morgan fingerprint density at radius 3 is 2.95 bits per heavy atom. The summed E-state index contributed by atoms with van der Waals surface area (Å²) in [4.78, 5) is 18.4. The van der Waals surface area contributed by atoms with Crippen LogP contribution in [-0.2, 0) is 19.3 Å². The number of fused-ring (bicyclic) bond motifs is 1. The number of rotatable bonds is 3. The quantitative estimate of drug-likeness (QED) is 0.914. The monoisotopic (exact) mass is 292 g/mol. The molecule has 3 rings (SSSR count). The number of aromatic carboxylic acids is 1. The Bertz CT molecular complexity index is 596. The number of aromatic amines is 1. The molecule has 1 unspecified atom stereocenters. The van der Waals surface area contributed by atoms with Crippen molar-refractivity contribution in [2.24, 2.45) is 5.92 Å². The van der Waals surface area contributed by atoms with E-state index in [4.69, 9.17) is 5.11 Å². The standard InChI is InChI=1S/C15H16N2O2.ClH/c18-15(19)13-4-3-11-7-10(1-2-12(11)9-13)8-14-16-5-6-17-14;/h3-6,9-10H,1-2,7-8H2,(H,16,17)(H,18,19);1H. The SMILES string of the molecule is Cl.O=C(O)c1ccc2c(c1)CCC(Cc1ncc[nH]1)C2. The molecule has 2 aromatic rings. The summed E-state index contributed by atoms with van der Waals surface area (Å²) in [6.07, 6.45) is 7.66. The van der Waals surface area contributed by atoms with E-state index in [0.717, 1.165) is 31.5 Å². The van der Waals surface area contributed by atoms with E-state index in [0.29, 0.717) is 11.5 Å². The summed E-state index contributed by atoms with van der Waals surface area (Å²) in [6.45, 7) is 0. The third-order valence-corrected chi connectivity index (χ3v) is 3.82. The van der Waals surface area contributed by atoms with Crippen LogP contribution >= 0.6 is 12.4 Å². The zero-order chi connectivity index (χ0) is 13.2. The second-order valence-electron chi connectivity index (χ2n) is 5.14. The smallest absolute Gasteiger partial charge is 0.335 e. The number of carboxylic acids is 1. The molecular weight excluding hydrogens is 276 g/mol. The molecule has 0 radical (unpaired) electrons. The first kappa shape index (κ1) is 14.6. The zero-order valence-electron chi connectivity index (χ0n) is 11.0. The highest BCUT2D eigenvalue weighted by atomic mass is 35.5. The minimum absolute atomic E-state index is 0. The van der Waals surface area contributed by atoms with Crippen molar-refractivity contribution in [3.05, 3.63) is 53.1 Å². The molecule has 1 heterocycles. The Labute approximate surface area is 123 Å². The molecule has 0 saturated heterocycles. The molecule has 0 bridgehead atoms. The largest absolute Gasteiger partial charge is 0.478 e. The van der Waals surface area contributed by atoms with E-state index in [2.05, 4.69) is 9.97 Å². The first-order valence-electron chi connectivity index (χ1n) is 6.55. The van der Waals surface area contributed by atoms with Gasteiger partial charge in [-0.3, -0.25) is 0 Å². The molecule has 2 N–H and O–H groups in total. The normalized spacial score (nSPS) is 17.1. The minimum atomic E-state index is -0.847. The molecule has 5 heteroatoms. The van der Waals surface area contributed by atoms with Crippen LogP contribution in [0.4, 0.5) is 0 Å². The molecule has 0 amide bonds. The fourth-order valence-electron chi connectivity index (χ4n) is 2.82. The number of nitrogens with zero attached hydrogens (tertiary/aromatic N) is 1. The van der Waals surface area contributed by atoms with Gasteiger partial charge in [0.25, 0.3) is 0 Å². The molecule has 1 aliphatic rings. The number of aryl methyl sites for hydroxylation is 1. The molecule has 0 spiro atoms. The van der Waals surface area contributed by atoms with Crippen molar-refractivity contribution in [1.82, 2.24) is 9.97 Å². The van der Waals surface area contributed by atoms with Crippen molar-refractivity contribution >= 4 is 18.4 Å². The van der Waals surface area contributed by atoms with Crippen LogP contribution in [-0.4, -0.2) is 21.0 Å². The van der Waals surface area contributed by atoms with Crippen LogP contribution in [0.3, 0.4) is 0 Å². The Hall–Kier alpha value is -1.81. The van der Waals surface area contributed by atoms with Crippen LogP contribution in [0.15, 0.2) is 30.6 Å². The fourth-order valence-corrected chi connectivity index (χ4v) is 2.82. The average molecular weight is 293 g/mol. The first-order valence-corrected chi connectivity index (χ1v) is 6.55. The van der Waals surface area contributed by atoms with Gasteiger partial charge in [-0.2, -0.15) is 0 Å². The van der Waals surface area contributed by atoms with Gasteiger partial charge >= 0.3 is 5.97 Å². The summed E-state index contributed by atoms with van der Waals surface area (Å²) in [7, 11) is 0. The van der Waals surface area contributed by atoms with Crippen molar-refractivity contribution < 1.29 is 9.90 Å². The number of benzene rings is 1. The Kier molecular flexibility index (Phi) is 4.45. The van der Waals surface area contributed by atoms with Gasteiger partial charge in [0.1, 0.15) is 5.82 Å². The number of hydrogen-bond donors (Lipinski definition) is 2.